The second-order valence-corrected chi connectivity index (χ2v) is 5.00. The molecule has 1 aromatic carbocycles. The lowest BCUT2D eigenvalue weighted by molar-refractivity contribution is 0.230. The normalized spacial score (nSPS) is 24.4. The lowest BCUT2D eigenvalue weighted by Crippen LogP contribution is -2.50. The molecular formula is C13H15F3N2. The minimum absolute atomic E-state index is 0.181. The van der Waals surface area contributed by atoms with Crippen molar-refractivity contribution < 1.29 is 13.2 Å². The van der Waals surface area contributed by atoms with Crippen molar-refractivity contribution in [1.82, 2.24) is 4.90 Å². The van der Waals surface area contributed by atoms with Crippen LogP contribution in [0.4, 0.5) is 18.9 Å². The zero-order valence-corrected chi connectivity index (χ0v) is 10.0. The third-order valence-electron chi connectivity index (χ3n) is 3.92. The molecule has 98 valence electrons. The first-order chi connectivity index (χ1) is 8.65. The van der Waals surface area contributed by atoms with Gasteiger partial charge in [-0.25, -0.2) is 13.2 Å². The third-order valence-corrected chi connectivity index (χ3v) is 3.92. The smallest absolute Gasteiger partial charge is 0.161 e. The topological polar surface area (TPSA) is 6.48 Å². The van der Waals surface area contributed by atoms with Gasteiger partial charge in [0.05, 0.1) is 5.69 Å². The van der Waals surface area contributed by atoms with E-state index < -0.39 is 17.5 Å². The molecule has 1 aromatic rings. The Bertz CT molecular complexity index is 464. The summed E-state index contributed by atoms with van der Waals surface area (Å²) in [6.07, 6.45) is 2.26. The van der Waals surface area contributed by atoms with Gasteiger partial charge in [0.25, 0.3) is 0 Å². The third kappa shape index (κ3) is 1.96. The van der Waals surface area contributed by atoms with E-state index in [1.165, 1.54) is 6.42 Å². The maximum atomic E-state index is 13.7. The molecule has 0 aromatic heterocycles. The minimum atomic E-state index is -1.13. The van der Waals surface area contributed by atoms with Crippen LogP contribution in [0.1, 0.15) is 12.8 Å². The summed E-state index contributed by atoms with van der Waals surface area (Å²) >= 11 is 0. The van der Waals surface area contributed by atoms with Gasteiger partial charge in [-0.2, -0.15) is 0 Å². The average molecular weight is 256 g/mol. The highest BCUT2D eigenvalue weighted by Gasteiger charge is 2.31. The SMILES string of the molecule is Fc1cc(F)c(N2CCN3CCCC3C2)cc1F. The second kappa shape index (κ2) is 4.46. The Morgan fingerprint density at radius 3 is 2.56 bits per heavy atom. The molecule has 2 nitrogen and oxygen atoms in total. The van der Waals surface area contributed by atoms with Gasteiger partial charge in [0, 0.05) is 37.8 Å². The molecule has 0 bridgehead atoms. The van der Waals surface area contributed by atoms with Gasteiger partial charge in [-0.3, -0.25) is 4.90 Å². The van der Waals surface area contributed by atoms with E-state index in [9.17, 15) is 13.2 Å². The molecule has 2 aliphatic rings. The zero-order valence-electron chi connectivity index (χ0n) is 10.0. The van der Waals surface area contributed by atoms with Crippen LogP contribution in [-0.4, -0.2) is 37.1 Å². The standard InChI is InChI=1S/C13H15F3N2/c14-10-6-12(16)13(7-11(10)15)18-5-4-17-3-1-2-9(17)8-18/h6-7,9H,1-5,8H2. The Morgan fingerprint density at radius 1 is 0.944 bits per heavy atom. The Kier molecular flexibility index (Phi) is 2.93. The first-order valence-corrected chi connectivity index (χ1v) is 6.28. The first-order valence-electron chi connectivity index (χ1n) is 6.28. The molecule has 1 unspecified atom stereocenters. The van der Waals surface area contributed by atoms with Crippen LogP contribution >= 0.6 is 0 Å². The Morgan fingerprint density at radius 2 is 1.72 bits per heavy atom. The van der Waals surface area contributed by atoms with Crippen LogP contribution in [0.5, 0.6) is 0 Å². The lowest BCUT2D eigenvalue weighted by atomic mass is 10.1. The van der Waals surface area contributed by atoms with Gasteiger partial charge in [0.1, 0.15) is 5.82 Å². The zero-order chi connectivity index (χ0) is 12.7. The molecule has 0 spiro atoms. The predicted octanol–water partition coefficient (Wildman–Crippen LogP) is 2.39. The predicted molar refractivity (Wildman–Crippen MR) is 63.1 cm³/mol. The number of hydrogen-bond donors (Lipinski definition) is 0. The van der Waals surface area contributed by atoms with Crippen LogP contribution in [0.2, 0.25) is 0 Å². The summed E-state index contributed by atoms with van der Waals surface area (Å²) in [5.41, 5.74) is 0.181. The molecule has 5 heteroatoms. The molecule has 0 radical (unpaired) electrons. The molecule has 0 saturated carbocycles. The van der Waals surface area contributed by atoms with E-state index in [2.05, 4.69) is 4.90 Å². The van der Waals surface area contributed by atoms with Gasteiger partial charge < -0.3 is 4.90 Å². The molecule has 0 amide bonds. The van der Waals surface area contributed by atoms with Crippen molar-refractivity contribution in [3.05, 3.63) is 29.6 Å². The van der Waals surface area contributed by atoms with Crippen molar-refractivity contribution in [2.45, 2.75) is 18.9 Å². The van der Waals surface area contributed by atoms with Crippen LogP contribution in [0, 0.1) is 17.5 Å². The molecule has 2 fully saturated rings. The quantitative estimate of drug-likeness (QED) is 0.712. The molecular weight excluding hydrogens is 241 g/mol. The largest absolute Gasteiger partial charge is 0.366 e. The van der Waals surface area contributed by atoms with Gasteiger partial charge in [-0.15, -0.1) is 0 Å². The molecule has 2 heterocycles. The first kappa shape index (κ1) is 11.8. The van der Waals surface area contributed by atoms with Gasteiger partial charge in [0.15, 0.2) is 11.6 Å². The van der Waals surface area contributed by atoms with Crippen molar-refractivity contribution >= 4 is 5.69 Å². The van der Waals surface area contributed by atoms with E-state index in [1.807, 2.05) is 4.90 Å². The van der Waals surface area contributed by atoms with Crippen LogP contribution in [0.3, 0.4) is 0 Å². The van der Waals surface area contributed by atoms with Crippen molar-refractivity contribution in [2.24, 2.45) is 0 Å². The van der Waals surface area contributed by atoms with E-state index in [1.54, 1.807) is 0 Å². The Balaban J connectivity index is 1.84. The summed E-state index contributed by atoms with van der Waals surface area (Å²) in [6.45, 7) is 3.32. The van der Waals surface area contributed by atoms with E-state index in [0.29, 0.717) is 25.2 Å². The molecule has 2 aliphatic heterocycles. The lowest BCUT2D eigenvalue weighted by Gasteiger charge is -2.38. The summed E-state index contributed by atoms with van der Waals surface area (Å²) < 4.78 is 39.8. The molecule has 3 rings (SSSR count). The Labute approximate surface area is 104 Å². The summed E-state index contributed by atoms with van der Waals surface area (Å²) in [5.74, 6) is -2.80. The van der Waals surface area contributed by atoms with Gasteiger partial charge in [-0.1, -0.05) is 0 Å². The minimum Gasteiger partial charge on any atom is -0.366 e. The highest BCUT2D eigenvalue weighted by Crippen LogP contribution is 2.28. The maximum Gasteiger partial charge on any atom is 0.161 e. The van der Waals surface area contributed by atoms with E-state index in [0.717, 1.165) is 25.6 Å². The number of rotatable bonds is 1. The number of benzene rings is 1. The molecule has 1 atom stereocenters. The Hall–Kier alpha value is -1.23. The van der Waals surface area contributed by atoms with E-state index in [-0.39, 0.29) is 5.69 Å². The summed E-state index contributed by atoms with van der Waals surface area (Å²) in [5, 5.41) is 0. The highest BCUT2D eigenvalue weighted by atomic mass is 19.2. The maximum absolute atomic E-state index is 13.7. The number of piperazine rings is 1. The van der Waals surface area contributed by atoms with Gasteiger partial charge in [-0.05, 0) is 19.4 Å². The highest BCUT2D eigenvalue weighted by molar-refractivity contribution is 5.49. The summed E-state index contributed by atoms with van der Waals surface area (Å²) in [6, 6.07) is 2.02. The molecule has 2 saturated heterocycles. The number of hydrogen-bond acceptors (Lipinski definition) is 2. The fourth-order valence-corrected chi connectivity index (χ4v) is 2.96. The number of halogens is 3. The van der Waals surface area contributed by atoms with E-state index in [4.69, 9.17) is 0 Å². The summed E-state index contributed by atoms with van der Waals surface area (Å²) in [7, 11) is 0. The van der Waals surface area contributed by atoms with Gasteiger partial charge in [0.2, 0.25) is 0 Å². The average Bonchev–Trinajstić information content (AvgIpc) is 2.80. The number of nitrogens with zero attached hydrogens (tertiary/aromatic N) is 2. The van der Waals surface area contributed by atoms with Crippen LogP contribution in [0.15, 0.2) is 12.1 Å². The van der Waals surface area contributed by atoms with Crippen LogP contribution in [-0.2, 0) is 0 Å². The van der Waals surface area contributed by atoms with Crippen LogP contribution < -0.4 is 4.90 Å². The monoisotopic (exact) mass is 256 g/mol. The number of anilines is 1. The summed E-state index contributed by atoms with van der Waals surface area (Å²) in [4.78, 5) is 4.21. The van der Waals surface area contributed by atoms with Gasteiger partial charge >= 0.3 is 0 Å². The van der Waals surface area contributed by atoms with Crippen molar-refractivity contribution in [1.29, 1.82) is 0 Å². The second-order valence-electron chi connectivity index (χ2n) is 5.00. The number of fused-ring (bicyclic) bond motifs is 1. The molecule has 18 heavy (non-hydrogen) atoms. The van der Waals surface area contributed by atoms with Crippen molar-refractivity contribution in [3.63, 3.8) is 0 Å². The van der Waals surface area contributed by atoms with Crippen molar-refractivity contribution in [2.75, 3.05) is 31.1 Å². The molecule has 0 aliphatic carbocycles. The molecule has 0 N–H and O–H groups in total. The fourth-order valence-electron chi connectivity index (χ4n) is 2.96. The fraction of sp³-hybridized carbons (Fsp3) is 0.538. The van der Waals surface area contributed by atoms with Crippen molar-refractivity contribution in [3.8, 4) is 0 Å². The van der Waals surface area contributed by atoms with Crippen LogP contribution in [0.25, 0.3) is 0 Å². The van der Waals surface area contributed by atoms with E-state index >= 15 is 0 Å².